The van der Waals surface area contributed by atoms with E-state index in [0.29, 0.717) is 6.42 Å². The van der Waals surface area contributed by atoms with Gasteiger partial charge >= 0.3 is 17.9 Å². The van der Waals surface area contributed by atoms with Crippen molar-refractivity contribution in [3.63, 3.8) is 0 Å². The van der Waals surface area contributed by atoms with Crippen LogP contribution in [0, 0.1) is 0 Å². The average molecular weight is 485 g/mol. The minimum atomic E-state index is -1.17. The summed E-state index contributed by atoms with van der Waals surface area (Å²) in [5.74, 6) is -3.51. The van der Waals surface area contributed by atoms with E-state index in [4.69, 9.17) is 15.3 Å². The van der Waals surface area contributed by atoms with Crippen LogP contribution >= 0.6 is 0 Å². The molecule has 0 aromatic rings. The maximum atomic E-state index is 11.2. The summed E-state index contributed by atoms with van der Waals surface area (Å²) in [7, 11) is 0. The van der Waals surface area contributed by atoms with E-state index in [-0.39, 0.29) is 6.54 Å². The fraction of sp³-hybridized carbons (Fsp3) is 0.815. The number of carboxylic acid groups (broad SMARTS) is 3. The molecule has 0 aliphatic heterocycles. The Hall–Kier alpha value is -1.89. The number of quaternary nitrogens is 1. The number of unbranched alkanes of at least 4 members (excludes halogenated alkanes) is 15. The van der Waals surface area contributed by atoms with Crippen molar-refractivity contribution in [1.82, 2.24) is 0 Å². The summed E-state index contributed by atoms with van der Waals surface area (Å²) in [6.45, 7) is 1.01. The van der Waals surface area contributed by atoms with Crippen molar-refractivity contribution in [3.8, 4) is 0 Å². The fourth-order valence-electron chi connectivity index (χ4n) is 4.56. The Morgan fingerprint density at radius 3 is 1.18 bits per heavy atom. The van der Waals surface area contributed by atoms with Gasteiger partial charge in [0.1, 0.15) is 0 Å². The average Bonchev–Trinajstić information content (AvgIpc) is 2.73. The van der Waals surface area contributed by atoms with Crippen molar-refractivity contribution in [2.45, 2.75) is 116 Å². The van der Waals surface area contributed by atoms with Gasteiger partial charge in [0.05, 0.1) is 6.54 Å². The number of carbonyl (C=O) groups is 3. The summed E-state index contributed by atoms with van der Waals surface area (Å²) in [6.07, 6.45) is 25.0. The molecule has 7 heteroatoms. The van der Waals surface area contributed by atoms with Crippen LogP contribution in [-0.2, 0) is 14.4 Å². The summed E-state index contributed by atoms with van der Waals surface area (Å²) in [5.41, 5.74) is 0. The van der Waals surface area contributed by atoms with Crippen molar-refractivity contribution < 1.29 is 34.2 Å². The molecule has 0 spiro atoms. The summed E-state index contributed by atoms with van der Waals surface area (Å²) < 4.78 is -0.434. The summed E-state index contributed by atoms with van der Waals surface area (Å²) in [5, 5.41) is 27.4. The number of aliphatic carboxylic acids is 3. The molecular weight excluding hydrogens is 434 g/mol. The highest BCUT2D eigenvalue weighted by Gasteiger charge is 2.35. The first kappa shape index (κ1) is 32.1. The predicted octanol–water partition coefficient (Wildman–Crippen LogP) is 6.26. The van der Waals surface area contributed by atoms with Gasteiger partial charge in [-0.25, -0.2) is 14.4 Å². The van der Waals surface area contributed by atoms with Gasteiger partial charge in [-0.2, -0.15) is 0 Å². The Kier molecular flexibility index (Phi) is 20.4. The standard InChI is InChI=1S/C27H49NO6/c1-2-3-4-5-6-7-8-9-10-11-12-13-14-15-16-17-18-19-20-21-28(22-25(29)30,23-26(31)32)24-27(33)34/h3-4H,2,5-24H2,1H3,(H2-,29,30,31,32,33,34)/p+1/b4-3+. The number of carboxylic acids is 3. The van der Waals surface area contributed by atoms with Crippen molar-refractivity contribution in [3.05, 3.63) is 12.2 Å². The van der Waals surface area contributed by atoms with Crippen molar-refractivity contribution >= 4 is 17.9 Å². The normalized spacial score (nSPS) is 11.8. The van der Waals surface area contributed by atoms with E-state index < -0.39 is 42.0 Å². The van der Waals surface area contributed by atoms with Crippen LogP contribution in [0.4, 0.5) is 0 Å². The summed E-state index contributed by atoms with van der Waals surface area (Å²) in [6, 6.07) is 0. The second kappa shape index (κ2) is 21.6. The van der Waals surface area contributed by atoms with E-state index in [1.54, 1.807) is 0 Å². The SMILES string of the molecule is CC/C=C/CCCCCCCCCCCCCCCCC[N+](CC(=O)O)(CC(=O)O)CC(=O)O. The van der Waals surface area contributed by atoms with Gasteiger partial charge in [-0.3, -0.25) is 4.48 Å². The molecule has 0 unspecified atom stereocenters. The van der Waals surface area contributed by atoms with Gasteiger partial charge in [0.15, 0.2) is 19.6 Å². The third-order valence-corrected chi connectivity index (χ3v) is 6.32. The van der Waals surface area contributed by atoms with Crippen LogP contribution in [0.25, 0.3) is 0 Å². The van der Waals surface area contributed by atoms with Crippen molar-refractivity contribution in [2.24, 2.45) is 0 Å². The third-order valence-electron chi connectivity index (χ3n) is 6.32. The topological polar surface area (TPSA) is 112 Å². The Morgan fingerprint density at radius 2 is 0.853 bits per heavy atom. The minimum Gasteiger partial charge on any atom is -0.477 e. The predicted molar refractivity (Wildman–Crippen MR) is 136 cm³/mol. The van der Waals surface area contributed by atoms with Gasteiger partial charge in [-0.15, -0.1) is 0 Å². The van der Waals surface area contributed by atoms with Crippen LogP contribution in [0.5, 0.6) is 0 Å². The molecule has 0 aliphatic carbocycles. The zero-order chi connectivity index (χ0) is 25.5. The molecule has 0 bridgehead atoms. The summed E-state index contributed by atoms with van der Waals surface area (Å²) in [4.78, 5) is 33.5. The maximum absolute atomic E-state index is 11.2. The molecule has 0 saturated carbocycles. The number of hydrogen-bond acceptors (Lipinski definition) is 3. The van der Waals surface area contributed by atoms with Gasteiger partial charge in [0.2, 0.25) is 0 Å². The lowest BCUT2D eigenvalue weighted by Crippen LogP contribution is -2.57. The highest BCUT2D eigenvalue weighted by molar-refractivity contribution is 5.73. The highest BCUT2D eigenvalue weighted by Crippen LogP contribution is 2.15. The van der Waals surface area contributed by atoms with Gasteiger partial charge in [-0.05, 0) is 32.1 Å². The van der Waals surface area contributed by atoms with Crippen molar-refractivity contribution in [1.29, 1.82) is 0 Å². The molecule has 198 valence electrons. The molecule has 0 atom stereocenters. The smallest absolute Gasteiger partial charge is 0.359 e. The molecule has 34 heavy (non-hydrogen) atoms. The molecule has 0 aromatic carbocycles. The quantitative estimate of drug-likeness (QED) is 0.0800. The molecule has 3 N–H and O–H groups in total. The van der Waals surface area contributed by atoms with Crippen molar-refractivity contribution in [2.75, 3.05) is 26.2 Å². The monoisotopic (exact) mass is 484 g/mol. The molecule has 0 rings (SSSR count). The molecule has 0 aliphatic rings. The first-order valence-corrected chi connectivity index (χ1v) is 13.5. The molecule has 0 fully saturated rings. The Morgan fingerprint density at radius 1 is 0.529 bits per heavy atom. The van der Waals surface area contributed by atoms with Crippen LogP contribution in [-0.4, -0.2) is 63.9 Å². The van der Waals surface area contributed by atoms with Gasteiger partial charge in [-0.1, -0.05) is 96.1 Å². The van der Waals surface area contributed by atoms with E-state index in [1.807, 2.05) is 0 Å². The lowest BCUT2D eigenvalue weighted by molar-refractivity contribution is -0.907. The van der Waals surface area contributed by atoms with E-state index in [9.17, 15) is 14.4 Å². The Balaban J connectivity index is 3.71. The zero-order valence-corrected chi connectivity index (χ0v) is 21.5. The highest BCUT2D eigenvalue weighted by atomic mass is 16.4. The van der Waals surface area contributed by atoms with Crippen LogP contribution in [0.1, 0.15) is 116 Å². The van der Waals surface area contributed by atoms with Crippen LogP contribution < -0.4 is 0 Å². The van der Waals surface area contributed by atoms with E-state index >= 15 is 0 Å². The number of nitrogens with zero attached hydrogens (tertiary/aromatic N) is 1. The van der Waals surface area contributed by atoms with Crippen LogP contribution in [0.15, 0.2) is 12.2 Å². The molecule has 0 radical (unpaired) electrons. The van der Waals surface area contributed by atoms with Gasteiger partial charge < -0.3 is 15.3 Å². The lowest BCUT2D eigenvalue weighted by atomic mass is 10.0. The largest absolute Gasteiger partial charge is 0.477 e. The second-order valence-corrected chi connectivity index (χ2v) is 9.69. The number of hydrogen-bond donors (Lipinski definition) is 3. The number of rotatable bonds is 25. The minimum absolute atomic E-state index is 0.265. The van der Waals surface area contributed by atoms with Gasteiger partial charge in [0, 0.05) is 0 Å². The van der Waals surface area contributed by atoms with Crippen LogP contribution in [0.2, 0.25) is 0 Å². The lowest BCUT2D eigenvalue weighted by Gasteiger charge is -2.34. The molecule has 0 heterocycles. The fourth-order valence-corrected chi connectivity index (χ4v) is 4.56. The molecule has 0 amide bonds. The third kappa shape index (κ3) is 20.7. The molecule has 7 nitrogen and oxygen atoms in total. The maximum Gasteiger partial charge on any atom is 0.359 e. The first-order valence-electron chi connectivity index (χ1n) is 13.5. The molecule has 0 saturated heterocycles. The molecule has 0 aromatic heterocycles. The van der Waals surface area contributed by atoms with E-state index in [1.165, 1.54) is 77.0 Å². The van der Waals surface area contributed by atoms with E-state index in [2.05, 4.69) is 19.1 Å². The van der Waals surface area contributed by atoms with Crippen LogP contribution in [0.3, 0.4) is 0 Å². The van der Waals surface area contributed by atoms with Gasteiger partial charge in [0.25, 0.3) is 0 Å². The summed E-state index contributed by atoms with van der Waals surface area (Å²) >= 11 is 0. The number of allylic oxidation sites excluding steroid dienone is 2. The second-order valence-electron chi connectivity index (χ2n) is 9.69. The first-order chi connectivity index (χ1) is 16.3. The zero-order valence-electron chi connectivity index (χ0n) is 21.5. The van der Waals surface area contributed by atoms with E-state index in [0.717, 1.165) is 25.7 Å². The molecular formula is C27H50NO6+. The Labute approximate surface area is 206 Å². The Bertz CT molecular complexity index is 535.